The Morgan fingerprint density at radius 1 is 0.255 bits per heavy atom. The smallest absolute Gasteiger partial charge is 0.136 e. The van der Waals surface area contributed by atoms with Gasteiger partial charge in [0, 0.05) is 10.8 Å². The number of hydrogen-bond acceptors (Lipinski definition) is 1. The van der Waals surface area contributed by atoms with Crippen LogP contribution in [-0.2, 0) is 0 Å². The van der Waals surface area contributed by atoms with Crippen molar-refractivity contribution in [2.45, 2.75) is 0 Å². The highest BCUT2D eigenvalue weighted by atomic mass is 16.3. The Bertz CT molecular complexity index is 3130. The average Bonchev–Trinajstić information content (AvgIpc) is 3.55. The molecule has 51 heavy (non-hydrogen) atoms. The molecular weight excluding hydrogens is 617 g/mol. The lowest BCUT2D eigenvalue weighted by Gasteiger charge is -2.19. The zero-order chi connectivity index (χ0) is 33.5. The first-order valence-electron chi connectivity index (χ1n) is 17.6. The van der Waals surface area contributed by atoms with E-state index in [-0.39, 0.29) is 0 Å². The fourth-order valence-electron chi connectivity index (χ4n) is 8.40. The highest BCUT2D eigenvalue weighted by molar-refractivity contribution is 6.24. The number of furan rings is 1. The molecule has 0 radical (unpaired) electrons. The SMILES string of the molecule is c1ccc2cc3c(cc2c1)oc1ccc(-c2ccc4cc(-c5c6ccccc6c(-c6cccc7ccccc67)c6ccccc56)ccc4c2)cc13. The maximum Gasteiger partial charge on any atom is 0.136 e. The normalized spacial score (nSPS) is 11.9. The van der Waals surface area contributed by atoms with Gasteiger partial charge in [-0.25, -0.2) is 0 Å². The quantitative estimate of drug-likeness (QED) is 0.174. The summed E-state index contributed by atoms with van der Waals surface area (Å²) in [5.74, 6) is 0. The van der Waals surface area contributed by atoms with Crippen LogP contribution >= 0.6 is 0 Å². The van der Waals surface area contributed by atoms with Crippen molar-refractivity contribution >= 4 is 75.8 Å². The van der Waals surface area contributed by atoms with Crippen molar-refractivity contribution in [3.63, 3.8) is 0 Å². The van der Waals surface area contributed by atoms with E-state index in [1.54, 1.807) is 0 Å². The van der Waals surface area contributed by atoms with E-state index >= 15 is 0 Å². The third-order valence-electron chi connectivity index (χ3n) is 10.8. The maximum absolute atomic E-state index is 6.29. The van der Waals surface area contributed by atoms with Gasteiger partial charge in [0.05, 0.1) is 0 Å². The first-order chi connectivity index (χ1) is 25.3. The van der Waals surface area contributed by atoms with Crippen molar-refractivity contribution in [3.05, 3.63) is 182 Å². The van der Waals surface area contributed by atoms with Crippen molar-refractivity contribution in [2.24, 2.45) is 0 Å². The Hall–Kier alpha value is -6.70. The first-order valence-corrected chi connectivity index (χ1v) is 17.6. The zero-order valence-corrected chi connectivity index (χ0v) is 27.7. The number of rotatable bonds is 3. The monoisotopic (exact) mass is 646 g/mol. The first kappa shape index (κ1) is 28.2. The molecule has 0 saturated carbocycles. The highest BCUT2D eigenvalue weighted by Crippen LogP contribution is 2.46. The molecule has 0 atom stereocenters. The summed E-state index contributed by atoms with van der Waals surface area (Å²) in [5, 5.41) is 14.8. The summed E-state index contributed by atoms with van der Waals surface area (Å²) in [5.41, 5.74) is 9.30. The Balaban J connectivity index is 1.06. The van der Waals surface area contributed by atoms with Gasteiger partial charge in [0.15, 0.2) is 0 Å². The van der Waals surface area contributed by atoms with E-state index in [0.29, 0.717) is 0 Å². The molecule has 0 aliphatic carbocycles. The summed E-state index contributed by atoms with van der Waals surface area (Å²) < 4.78 is 6.29. The fraction of sp³-hybridized carbons (Fsp3) is 0. The molecule has 1 aromatic heterocycles. The van der Waals surface area contributed by atoms with Gasteiger partial charge >= 0.3 is 0 Å². The number of benzene rings is 10. The van der Waals surface area contributed by atoms with Crippen LogP contribution in [-0.4, -0.2) is 0 Å². The molecular formula is C50H30O. The van der Waals surface area contributed by atoms with Gasteiger partial charge < -0.3 is 4.42 Å². The Labute approximate surface area is 294 Å². The molecule has 10 aromatic carbocycles. The molecule has 0 aliphatic rings. The second-order valence-corrected chi connectivity index (χ2v) is 13.7. The van der Waals surface area contributed by atoms with Gasteiger partial charge in [-0.3, -0.25) is 0 Å². The van der Waals surface area contributed by atoms with E-state index < -0.39 is 0 Å². The predicted molar refractivity (Wildman–Crippen MR) is 218 cm³/mol. The summed E-state index contributed by atoms with van der Waals surface area (Å²) >= 11 is 0. The van der Waals surface area contributed by atoms with Gasteiger partial charge in [-0.1, -0.05) is 146 Å². The van der Waals surface area contributed by atoms with Crippen molar-refractivity contribution < 1.29 is 4.42 Å². The molecule has 0 aliphatic heterocycles. The molecule has 1 heteroatoms. The van der Waals surface area contributed by atoms with E-state index in [2.05, 4.69) is 182 Å². The van der Waals surface area contributed by atoms with Crippen molar-refractivity contribution in [1.29, 1.82) is 0 Å². The average molecular weight is 647 g/mol. The molecule has 0 bridgehead atoms. The Morgan fingerprint density at radius 2 is 0.745 bits per heavy atom. The Morgan fingerprint density at radius 3 is 1.47 bits per heavy atom. The van der Waals surface area contributed by atoms with Crippen LogP contribution in [0.1, 0.15) is 0 Å². The summed E-state index contributed by atoms with van der Waals surface area (Å²) in [6.45, 7) is 0. The van der Waals surface area contributed by atoms with Crippen LogP contribution in [0, 0.1) is 0 Å². The molecule has 0 fully saturated rings. The summed E-state index contributed by atoms with van der Waals surface area (Å²) in [4.78, 5) is 0. The molecule has 1 heterocycles. The van der Waals surface area contributed by atoms with Gasteiger partial charge in [-0.15, -0.1) is 0 Å². The van der Waals surface area contributed by atoms with E-state index in [1.165, 1.54) is 87.2 Å². The second-order valence-electron chi connectivity index (χ2n) is 13.7. The lowest BCUT2D eigenvalue weighted by molar-refractivity contribution is 0.669. The Kier molecular flexibility index (Phi) is 6.02. The van der Waals surface area contributed by atoms with Crippen LogP contribution < -0.4 is 0 Å². The molecule has 0 N–H and O–H groups in total. The summed E-state index contributed by atoms with van der Waals surface area (Å²) in [6.07, 6.45) is 0. The van der Waals surface area contributed by atoms with Gasteiger partial charge in [0.25, 0.3) is 0 Å². The van der Waals surface area contributed by atoms with Gasteiger partial charge in [0.1, 0.15) is 11.2 Å². The molecule has 0 amide bonds. The zero-order valence-electron chi connectivity index (χ0n) is 27.7. The van der Waals surface area contributed by atoms with Crippen LogP contribution in [0.2, 0.25) is 0 Å². The number of fused-ring (bicyclic) bond motifs is 8. The molecule has 1 nitrogen and oxygen atoms in total. The molecule has 0 unspecified atom stereocenters. The van der Waals surface area contributed by atoms with Gasteiger partial charge in [0.2, 0.25) is 0 Å². The predicted octanol–water partition coefficient (Wildman–Crippen LogP) is 14.4. The standard InChI is InChI=1S/C50H30O/c1-2-12-33-30-48-46(28-32(33)11-1)45-29-37(24-25-47(45)51-48)35-20-21-36-27-38(23-22-34(36)26-35)49-41-15-5-7-17-43(41)50(44-18-8-6-16-42(44)49)40-19-9-13-31-10-3-4-14-39(31)40/h1-30H. The van der Waals surface area contributed by atoms with Crippen LogP contribution in [0.25, 0.3) is 109 Å². The third kappa shape index (κ3) is 4.35. The highest BCUT2D eigenvalue weighted by Gasteiger charge is 2.18. The van der Waals surface area contributed by atoms with Gasteiger partial charge in [-0.2, -0.15) is 0 Å². The fourth-order valence-corrected chi connectivity index (χ4v) is 8.40. The summed E-state index contributed by atoms with van der Waals surface area (Å²) in [7, 11) is 0. The van der Waals surface area contributed by atoms with E-state index in [0.717, 1.165) is 21.9 Å². The minimum absolute atomic E-state index is 0.917. The minimum atomic E-state index is 0.917. The van der Waals surface area contributed by atoms with E-state index in [1.807, 2.05) is 0 Å². The third-order valence-corrected chi connectivity index (χ3v) is 10.8. The minimum Gasteiger partial charge on any atom is -0.456 e. The molecule has 11 rings (SSSR count). The van der Waals surface area contributed by atoms with Crippen molar-refractivity contribution in [1.82, 2.24) is 0 Å². The summed E-state index contributed by atoms with van der Waals surface area (Å²) in [6, 6.07) is 66.5. The molecule has 236 valence electrons. The van der Waals surface area contributed by atoms with Crippen molar-refractivity contribution in [3.8, 4) is 33.4 Å². The van der Waals surface area contributed by atoms with Crippen molar-refractivity contribution in [2.75, 3.05) is 0 Å². The molecule has 0 spiro atoms. The topological polar surface area (TPSA) is 13.1 Å². The van der Waals surface area contributed by atoms with Crippen LogP contribution in [0.15, 0.2) is 186 Å². The van der Waals surface area contributed by atoms with E-state index in [4.69, 9.17) is 4.42 Å². The van der Waals surface area contributed by atoms with Gasteiger partial charge in [-0.05, 0) is 124 Å². The molecule has 11 aromatic rings. The lowest BCUT2D eigenvalue weighted by Crippen LogP contribution is -1.91. The second kappa shape index (κ2) is 10.9. The maximum atomic E-state index is 6.29. The van der Waals surface area contributed by atoms with Crippen LogP contribution in [0.4, 0.5) is 0 Å². The van der Waals surface area contributed by atoms with Crippen LogP contribution in [0.5, 0.6) is 0 Å². The number of hydrogen-bond donors (Lipinski definition) is 0. The van der Waals surface area contributed by atoms with E-state index in [9.17, 15) is 0 Å². The lowest BCUT2D eigenvalue weighted by atomic mass is 9.84. The van der Waals surface area contributed by atoms with Crippen LogP contribution in [0.3, 0.4) is 0 Å². The largest absolute Gasteiger partial charge is 0.456 e. The molecule has 0 saturated heterocycles.